The van der Waals surface area contributed by atoms with E-state index in [4.69, 9.17) is 11.6 Å². The zero-order chi connectivity index (χ0) is 69.0. The van der Waals surface area contributed by atoms with Crippen LogP contribution in [0.4, 0.5) is 0 Å². The molecule has 1 aromatic rings. The first-order chi connectivity index (χ1) is 44.8. The second kappa shape index (κ2) is 36.4. The van der Waals surface area contributed by atoms with Gasteiger partial charge in [-0.3, -0.25) is 52.7 Å². The third kappa shape index (κ3) is 20.2. The molecule has 6 rings (SSSR count). The Morgan fingerprint density at radius 3 is 1.87 bits per heavy atom. The van der Waals surface area contributed by atoms with Crippen molar-refractivity contribution >= 4 is 82.9 Å². The minimum Gasteiger partial charge on any atom is -0.345 e. The van der Waals surface area contributed by atoms with Gasteiger partial charge < -0.3 is 65.3 Å². The SMILES string of the molecule is CC[C@H](C)[C@@H](C=O)NC(=O)[C@@H](C)N(C)C(=O)C[C@@H](C(=O)N1CCCCC1)N(C)C(=O)[C@H](C1CCCCC1)N(C)C(=O)C1(NC(=O)[C@@H]2CCCN2C(=O)[C@H](CCc2ccc(Cl)cc2)NC(=O)CN(C)C(=O)[C@H](CC2CCCCC2)N(C)C(=O)CN(C)C(=O)CNC)CCCC1. The molecule has 0 unspecified atom stereocenters. The summed E-state index contributed by atoms with van der Waals surface area (Å²) in [4.78, 5) is 182. The van der Waals surface area contributed by atoms with Crippen molar-refractivity contribution < 1.29 is 57.5 Å². The van der Waals surface area contributed by atoms with E-state index in [0.717, 1.165) is 76.2 Å². The molecule has 24 nitrogen and oxygen atoms in total. The smallest absolute Gasteiger partial charge is 0.248 e. The van der Waals surface area contributed by atoms with E-state index in [1.165, 1.54) is 69.4 Å². The molecule has 0 aromatic heterocycles. The summed E-state index contributed by atoms with van der Waals surface area (Å²) >= 11 is 6.24. The fourth-order valence-corrected chi connectivity index (χ4v) is 14.6. The van der Waals surface area contributed by atoms with Gasteiger partial charge in [0.25, 0.3) is 0 Å². The van der Waals surface area contributed by atoms with E-state index >= 15 is 19.2 Å². The van der Waals surface area contributed by atoms with Gasteiger partial charge in [-0.1, -0.05) is 108 Å². The summed E-state index contributed by atoms with van der Waals surface area (Å²) in [5, 5.41) is 12.1. The van der Waals surface area contributed by atoms with Crippen LogP contribution < -0.4 is 21.3 Å². The van der Waals surface area contributed by atoms with Crippen LogP contribution in [-0.4, -0.2) is 247 Å². The monoisotopic (exact) mass is 1330 g/mol. The van der Waals surface area contributed by atoms with Gasteiger partial charge in [-0.15, -0.1) is 0 Å². The lowest BCUT2D eigenvalue weighted by Crippen LogP contribution is -2.65. The lowest BCUT2D eigenvalue weighted by atomic mass is 9.81. The molecule has 11 amide bonds. The number of carbonyl (C=O) groups is 12. The van der Waals surface area contributed by atoms with Gasteiger partial charge in [0.15, 0.2) is 0 Å². The first-order valence-electron chi connectivity index (χ1n) is 34.7. The number of carbonyl (C=O) groups excluding carboxylic acids is 12. The Balaban J connectivity index is 1.22. The molecule has 4 N–H and O–H groups in total. The number of nitrogens with zero attached hydrogens (tertiary/aromatic N) is 8. The van der Waals surface area contributed by atoms with Crippen molar-refractivity contribution in [3.05, 3.63) is 34.9 Å². The molecule has 3 saturated carbocycles. The van der Waals surface area contributed by atoms with Crippen LogP contribution in [0.3, 0.4) is 0 Å². The van der Waals surface area contributed by atoms with Gasteiger partial charge in [0, 0.05) is 66.9 Å². The number of halogens is 1. The van der Waals surface area contributed by atoms with Crippen molar-refractivity contribution in [2.24, 2.45) is 17.8 Å². The van der Waals surface area contributed by atoms with Crippen molar-refractivity contribution in [3.63, 3.8) is 0 Å². The highest BCUT2D eigenvalue weighted by atomic mass is 35.5. The van der Waals surface area contributed by atoms with Crippen LogP contribution in [0.5, 0.6) is 0 Å². The first-order valence-corrected chi connectivity index (χ1v) is 35.0. The molecule has 25 heteroatoms. The Kier molecular flexibility index (Phi) is 29.6. The second-order valence-electron chi connectivity index (χ2n) is 27.5. The summed E-state index contributed by atoms with van der Waals surface area (Å²) in [6.07, 6.45) is 15.1. The molecule has 1 aromatic carbocycles. The molecule has 5 fully saturated rings. The second-order valence-corrected chi connectivity index (χ2v) is 28.0. The van der Waals surface area contributed by atoms with E-state index in [2.05, 4.69) is 21.3 Å². The van der Waals surface area contributed by atoms with Gasteiger partial charge in [-0.05, 0) is 126 Å². The normalized spacial score (nSPS) is 19.8. The maximum atomic E-state index is 15.6. The molecule has 0 radical (unpaired) electrons. The van der Waals surface area contributed by atoms with E-state index in [-0.39, 0.29) is 69.0 Å². The summed E-state index contributed by atoms with van der Waals surface area (Å²) in [6, 6.07) is -0.215. The third-order valence-corrected chi connectivity index (χ3v) is 21.2. The topological polar surface area (TPSA) is 279 Å². The van der Waals surface area contributed by atoms with Crippen molar-refractivity contribution in [2.75, 3.05) is 88.6 Å². The van der Waals surface area contributed by atoms with Crippen molar-refractivity contribution in [1.82, 2.24) is 60.5 Å². The number of likely N-dealkylation sites (tertiary alicyclic amines) is 2. The standard InChI is InChI=1S/C69H109ClN12O12/c1-11-46(2)53(45-83)73-62(88)47(3)77(7)58(85)41-56(66(92)81-37-21-14-22-38-81)79(9)67(93)61(50-26-17-13-18-27-50)80(10)68(94)69(35-19-20-36-69)74-63(89)54-28-23-39-82(54)64(90)52(34-31-48-29-32-51(70)33-30-48)72-57(84)43-76(6)65(91)55(40-49-24-15-12-16-25-49)78(8)60(87)44-75(5)59(86)42-71-4/h29-30,32-33,45-47,49-50,52-56,61,71H,11-28,31,34-44H2,1-10H3,(H,72,84)(H,73,88)(H,74,89)/t46-,47+,52-,53+,54-,55-,56-,61-/m0/s1. The molecular formula is C69H109ClN12O12. The van der Waals surface area contributed by atoms with Crippen molar-refractivity contribution in [3.8, 4) is 0 Å². The molecule has 94 heavy (non-hydrogen) atoms. The summed E-state index contributed by atoms with van der Waals surface area (Å²) in [5.41, 5.74) is -0.639. The Morgan fingerprint density at radius 2 is 1.27 bits per heavy atom. The molecular weight excluding hydrogens is 1220 g/mol. The van der Waals surface area contributed by atoms with Crippen LogP contribution in [0, 0.1) is 17.8 Å². The van der Waals surface area contributed by atoms with Gasteiger partial charge in [0.05, 0.1) is 32.1 Å². The fraction of sp³-hybridized carbons (Fsp3) is 0.739. The Labute approximate surface area is 562 Å². The molecule has 524 valence electrons. The lowest BCUT2D eigenvalue weighted by Gasteiger charge is -2.43. The molecule has 5 aliphatic rings. The van der Waals surface area contributed by atoms with Gasteiger partial charge in [-0.25, -0.2) is 0 Å². The quantitative estimate of drug-likeness (QED) is 0.0755. The van der Waals surface area contributed by atoms with E-state index in [1.807, 2.05) is 26.0 Å². The fourth-order valence-electron chi connectivity index (χ4n) is 14.5. The molecule has 3 aliphatic carbocycles. The maximum absolute atomic E-state index is 15.6. The lowest BCUT2D eigenvalue weighted by molar-refractivity contribution is -0.157. The van der Waals surface area contributed by atoms with Crippen molar-refractivity contribution in [1.29, 1.82) is 0 Å². The largest absolute Gasteiger partial charge is 0.345 e. The number of hydrogen-bond acceptors (Lipinski definition) is 13. The summed E-state index contributed by atoms with van der Waals surface area (Å²) < 4.78 is 0. The molecule has 2 saturated heterocycles. The van der Waals surface area contributed by atoms with Gasteiger partial charge in [-0.2, -0.15) is 0 Å². The highest BCUT2D eigenvalue weighted by Crippen LogP contribution is 2.37. The Hall–Kier alpha value is -6.69. The average molecular weight is 1330 g/mol. The number of amides is 11. The van der Waals surface area contributed by atoms with Crippen LogP contribution >= 0.6 is 11.6 Å². The zero-order valence-electron chi connectivity index (χ0n) is 57.7. The van der Waals surface area contributed by atoms with Crippen LogP contribution in [0.15, 0.2) is 24.3 Å². The van der Waals surface area contributed by atoms with Gasteiger partial charge in [0.2, 0.25) is 65.0 Å². The minimum absolute atomic E-state index is 0.0329. The number of benzene rings is 1. The molecule has 0 bridgehead atoms. The summed E-state index contributed by atoms with van der Waals surface area (Å²) in [5.74, 6) is -5.76. The molecule has 2 aliphatic heterocycles. The van der Waals surface area contributed by atoms with Crippen LogP contribution in [0.1, 0.15) is 174 Å². The van der Waals surface area contributed by atoms with Crippen molar-refractivity contribution in [2.45, 2.75) is 223 Å². The third-order valence-electron chi connectivity index (χ3n) is 20.9. The number of nitrogens with one attached hydrogen (secondary N) is 4. The Bertz CT molecular complexity index is 2790. The van der Waals surface area contributed by atoms with Crippen LogP contribution in [0.25, 0.3) is 0 Å². The first kappa shape index (κ1) is 76.3. The minimum atomic E-state index is -1.47. The highest BCUT2D eigenvalue weighted by molar-refractivity contribution is 6.30. The zero-order valence-corrected chi connectivity index (χ0v) is 58.5. The van der Waals surface area contributed by atoms with E-state index in [0.29, 0.717) is 75.8 Å². The van der Waals surface area contributed by atoms with Gasteiger partial charge in [0.1, 0.15) is 48.1 Å². The molecule has 0 spiro atoms. The Morgan fingerprint density at radius 1 is 0.649 bits per heavy atom. The predicted molar refractivity (Wildman–Crippen MR) is 357 cm³/mol. The number of hydrogen-bond donors (Lipinski definition) is 4. The number of aldehydes is 1. The molecule has 2 heterocycles. The van der Waals surface area contributed by atoms with Crippen LogP contribution in [-0.2, 0) is 64.0 Å². The summed E-state index contributed by atoms with van der Waals surface area (Å²) in [6.45, 7) is 5.66. The summed E-state index contributed by atoms with van der Waals surface area (Å²) in [7, 11) is 10.7. The number of likely N-dealkylation sites (N-methyl/N-ethyl adjacent to an activating group) is 7. The van der Waals surface area contributed by atoms with E-state index < -0.39 is 120 Å². The highest BCUT2D eigenvalue weighted by Gasteiger charge is 2.51. The average Bonchev–Trinajstić information content (AvgIpc) is 1.37. The number of piperidine rings is 1. The van der Waals surface area contributed by atoms with E-state index in [1.54, 1.807) is 38.2 Å². The van der Waals surface area contributed by atoms with E-state index in [9.17, 15) is 38.4 Å². The molecule has 8 atom stereocenters. The maximum Gasteiger partial charge on any atom is 0.248 e. The predicted octanol–water partition coefficient (Wildman–Crippen LogP) is 4.32. The van der Waals surface area contributed by atoms with Crippen LogP contribution in [0.2, 0.25) is 5.02 Å². The number of rotatable bonds is 31. The number of aryl methyl sites for hydroxylation is 1. The van der Waals surface area contributed by atoms with Gasteiger partial charge >= 0.3 is 0 Å².